The van der Waals surface area contributed by atoms with E-state index in [2.05, 4.69) is 45.1 Å². The van der Waals surface area contributed by atoms with E-state index in [4.69, 9.17) is 11.6 Å². The predicted molar refractivity (Wildman–Crippen MR) is 158 cm³/mol. The number of benzene rings is 2. The fraction of sp³-hybridized carbons (Fsp3) is 0.516. The van der Waals surface area contributed by atoms with Gasteiger partial charge in [-0.2, -0.15) is 0 Å². The molecule has 4 rings (SSSR count). The van der Waals surface area contributed by atoms with E-state index < -0.39 is 6.04 Å². The van der Waals surface area contributed by atoms with Crippen LogP contribution in [0.2, 0.25) is 5.02 Å². The molecule has 2 aromatic carbocycles. The standard InChI is InChI=1S/C31H42ClN5O3/c1-24(38)34-22-29(39)35-28(20-25-10-12-27(32)13-11-25)30(40)36-16-18-37(19-17-36)31(14-6-3-7-15-31)23-33-21-26-8-4-2-5-9-26/h2,4-5,8-13,28,33H,3,6-7,14-23H2,1H3,(H,34,38)(H,35,39). The van der Waals surface area contributed by atoms with Gasteiger partial charge in [-0.1, -0.05) is 73.3 Å². The van der Waals surface area contributed by atoms with E-state index in [1.54, 1.807) is 12.1 Å². The number of piperazine rings is 1. The van der Waals surface area contributed by atoms with Gasteiger partial charge >= 0.3 is 0 Å². The number of amides is 3. The van der Waals surface area contributed by atoms with Crippen LogP contribution in [0.5, 0.6) is 0 Å². The minimum absolute atomic E-state index is 0.0920. The lowest BCUT2D eigenvalue weighted by molar-refractivity contribution is -0.139. The molecule has 2 aliphatic rings. The van der Waals surface area contributed by atoms with Crippen LogP contribution in [0.15, 0.2) is 54.6 Å². The highest BCUT2D eigenvalue weighted by Crippen LogP contribution is 2.34. The molecule has 1 unspecified atom stereocenters. The monoisotopic (exact) mass is 567 g/mol. The smallest absolute Gasteiger partial charge is 0.245 e. The first-order valence-corrected chi connectivity index (χ1v) is 14.8. The second kappa shape index (κ2) is 14.6. The highest BCUT2D eigenvalue weighted by atomic mass is 35.5. The number of hydrogen-bond acceptors (Lipinski definition) is 5. The molecule has 216 valence electrons. The number of halogens is 1. The largest absolute Gasteiger partial charge is 0.347 e. The summed E-state index contributed by atoms with van der Waals surface area (Å²) in [5, 5.41) is 9.71. The van der Waals surface area contributed by atoms with Gasteiger partial charge < -0.3 is 20.9 Å². The molecule has 1 saturated carbocycles. The van der Waals surface area contributed by atoms with Crippen LogP contribution < -0.4 is 16.0 Å². The summed E-state index contributed by atoms with van der Waals surface area (Å²) >= 11 is 6.05. The fourth-order valence-electron chi connectivity index (χ4n) is 5.98. The van der Waals surface area contributed by atoms with Gasteiger partial charge in [-0.25, -0.2) is 0 Å². The molecule has 0 aromatic heterocycles. The van der Waals surface area contributed by atoms with E-state index in [0.717, 1.165) is 31.7 Å². The molecule has 3 N–H and O–H groups in total. The van der Waals surface area contributed by atoms with Gasteiger partial charge in [0.05, 0.1) is 6.54 Å². The summed E-state index contributed by atoms with van der Waals surface area (Å²) in [7, 11) is 0. The number of nitrogens with zero attached hydrogens (tertiary/aromatic N) is 2. The van der Waals surface area contributed by atoms with E-state index in [9.17, 15) is 14.4 Å². The highest BCUT2D eigenvalue weighted by Gasteiger charge is 2.40. The minimum atomic E-state index is -0.717. The van der Waals surface area contributed by atoms with Crippen molar-refractivity contribution in [1.82, 2.24) is 25.8 Å². The second-order valence-electron chi connectivity index (χ2n) is 11.0. The lowest BCUT2D eigenvalue weighted by atomic mass is 9.79. The van der Waals surface area contributed by atoms with Crippen LogP contribution in [-0.2, 0) is 27.3 Å². The van der Waals surface area contributed by atoms with Gasteiger partial charge in [0.1, 0.15) is 6.04 Å². The Morgan fingerprint density at radius 2 is 1.57 bits per heavy atom. The van der Waals surface area contributed by atoms with Gasteiger partial charge in [0.2, 0.25) is 17.7 Å². The Kier molecular flexibility index (Phi) is 11.0. The molecule has 1 aliphatic carbocycles. The molecule has 9 heteroatoms. The molecule has 0 bridgehead atoms. The Labute approximate surface area is 242 Å². The summed E-state index contributed by atoms with van der Waals surface area (Å²) in [6.45, 7) is 5.86. The average molecular weight is 568 g/mol. The fourth-order valence-corrected chi connectivity index (χ4v) is 6.10. The topological polar surface area (TPSA) is 93.8 Å². The van der Waals surface area contributed by atoms with Crippen molar-refractivity contribution in [2.45, 2.75) is 63.6 Å². The van der Waals surface area contributed by atoms with Crippen molar-refractivity contribution in [3.63, 3.8) is 0 Å². The van der Waals surface area contributed by atoms with Crippen molar-refractivity contribution in [2.75, 3.05) is 39.3 Å². The number of carbonyl (C=O) groups is 3. The highest BCUT2D eigenvalue weighted by molar-refractivity contribution is 6.30. The first-order valence-electron chi connectivity index (χ1n) is 14.4. The molecule has 40 heavy (non-hydrogen) atoms. The first kappa shape index (κ1) is 30.0. The predicted octanol–water partition coefficient (Wildman–Crippen LogP) is 3.14. The van der Waals surface area contributed by atoms with Crippen LogP contribution >= 0.6 is 11.6 Å². The summed E-state index contributed by atoms with van der Waals surface area (Å²) in [6.07, 6.45) is 6.44. The summed E-state index contributed by atoms with van der Waals surface area (Å²) in [4.78, 5) is 42.0. The molecular weight excluding hydrogens is 526 g/mol. The second-order valence-corrected chi connectivity index (χ2v) is 11.5. The van der Waals surface area contributed by atoms with Gasteiger partial charge in [-0.05, 0) is 36.1 Å². The number of nitrogens with one attached hydrogen (secondary N) is 3. The van der Waals surface area contributed by atoms with Crippen molar-refractivity contribution in [1.29, 1.82) is 0 Å². The lowest BCUT2D eigenvalue weighted by Crippen LogP contribution is -2.63. The van der Waals surface area contributed by atoms with Crippen molar-refractivity contribution in [3.8, 4) is 0 Å². The number of rotatable bonds is 11. The van der Waals surface area contributed by atoms with Crippen LogP contribution in [0.3, 0.4) is 0 Å². The van der Waals surface area contributed by atoms with Gasteiger partial charge in [-0.3, -0.25) is 19.3 Å². The molecule has 0 radical (unpaired) electrons. The molecule has 3 amide bonds. The van der Waals surface area contributed by atoms with E-state index in [1.807, 2.05) is 23.1 Å². The third-order valence-corrected chi connectivity index (χ3v) is 8.41. The van der Waals surface area contributed by atoms with Crippen molar-refractivity contribution in [2.24, 2.45) is 0 Å². The summed E-state index contributed by atoms with van der Waals surface area (Å²) in [5.74, 6) is -0.765. The van der Waals surface area contributed by atoms with Crippen molar-refractivity contribution >= 4 is 29.3 Å². The summed E-state index contributed by atoms with van der Waals surface area (Å²) < 4.78 is 0. The van der Waals surface area contributed by atoms with E-state index in [1.165, 1.54) is 44.6 Å². The maximum Gasteiger partial charge on any atom is 0.245 e. The maximum atomic E-state index is 13.7. The van der Waals surface area contributed by atoms with Crippen molar-refractivity contribution in [3.05, 3.63) is 70.7 Å². The zero-order valence-electron chi connectivity index (χ0n) is 23.5. The Morgan fingerprint density at radius 3 is 2.23 bits per heavy atom. The van der Waals surface area contributed by atoms with Crippen LogP contribution in [0.4, 0.5) is 0 Å². The first-order chi connectivity index (χ1) is 19.3. The quantitative estimate of drug-likeness (QED) is 0.388. The molecule has 1 atom stereocenters. The molecule has 1 saturated heterocycles. The lowest BCUT2D eigenvalue weighted by Gasteiger charge is -2.50. The zero-order valence-corrected chi connectivity index (χ0v) is 24.2. The molecule has 1 heterocycles. The minimum Gasteiger partial charge on any atom is -0.347 e. The van der Waals surface area contributed by atoms with Gasteiger partial charge in [0, 0.05) is 63.2 Å². The zero-order chi connectivity index (χ0) is 28.4. The maximum absolute atomic E-state index is 13.7. The molecule has 0 spiro atoms. The summed E-state index contributed by atoms with van der Waals surface area (Å²) in [6, 6.07) is 17.1. The molecule has 1 aliphatic heterocycles. The third kappa shape index (κ3) is 8.53. The van der Waals surface area contributed by atoms with E-state index >= 15 is 0 Å². The SMILES string of the molecule is CC(=O)NCC(=O)NC(Cc1ccc(Cl)cc1)C(=O)N1CCN(C2(CNCc3ccccc3)CCCCC2)CC1. The van der Waals surface area contributed by atoms with Gasteiger partial charge in [-0.15, -0.1) is 0 Å². The van der Waals surface area contributed by atoms with E-state index in [0.29, 0.717) is 24.5 Å². The third-order valence-electron chi connectivity index (χ3n) is 8.16. The normalized spacial score (nSPS) is 18.1. The van der Waals surface area contributed by atoms with Crippen LogP contribution in [0, 0.1) is 0 Å². The molecule has 2 aromatic rings. The van der Waals surface area contributed by atoms with Crippen LogP contribution in [0.1, 0.15) is 50.2 Å². The van der Waals surface area contributed by atoms with Crippen LogP contribution in [0.25, 0.3) is 0 Å². The van der Waals surface area contributed by atoms with Gasteiger partial charge in [0.25, 0.3) is 0 Å². The average Bonchev–Trinajstić information content (AvgIpc) is 2.97. The van der Waals surface area contributed by atoms with Crippen LogP contribution in [-0.4, -0.2) is 78.4 Å². The number of hydrogen-bond donors (Lipinski definition) is 3. The molecule has 8 nitrogen and oxygen atoms in total. The van der Waals surface area contributed by atoms with E-state index in [-0.39, 0.29) is 29.8 Å². The van der Waals surface area contributed by atoms with Crippen molar-refractivity contribution < 1.29 is 14.4 Å². The Hall–Kier alpha value is -2.94. The Balaban J connectivity index is 1.38. The number of carbonyl (C=O) groups excluding carboxylic acids is 3. The molecule has 2 fully saturated rings. The Morgan fingerprint density at radius 1 is 0.900 bits per heavy atom. The Bertz CT molecular complexity index is 1110. The summed E-state index contributed by atoms with van der Waals surface area (Å²) in [5.41, 5.74) is 2.31. The van der Waals surface area contributed by atoms with Gasteiger partial charge in [0.15, 0.2) is 0 Å². The molecular formula is C31H42ClN5O3.